The lowest BCUT2D eigenvalue weighted by Crippen LogP contribution is -2.14. The first-order valence-corrected chi connectivity index (χ1v) is 5.54. The summed E-state index contributed by atoms with van der Waals surface area (Å²) in [6.07, 6.45) is 0. The summed E-state index contributed by atoms with van der Waals surface area (Å²) in [5.74, 6) is -0.935. The van der Waals surface area contributed by atoms with Gasteiger partial charge in [0.15, 0.2) is 0 Å². The molecule has 4 heteroatoms. The molecular weight excluding hydrogens is 238 g/mol. The first-order chi connectivity index (χ1) is 7.86. The topological polar surface area (TPSA) is 40.5 Å². The molecule has 1 N–H and O–H groups in total. The summed E-state index contributed by atoms with van der Waals surface area (Å²) in [4.78, 5) is 11.6. The maximum absolute atomic E-state index is 9.60. The Balaban J connectivity index is 0.000000366. The minimum Gasteiger partial charge on any atom is -0.478 e. The highest BCUT2D eigenvalue weighted by Crippen LogP contribution is 2.21. The maximum Gasteiger partial charge on any atom is 0.330 e. The highest BCUT2D eigenvalue weighted by molar-refractivity contribution is 6.20. The minimum atomic E-state index is -0.935. The zero-order chi connectivity index (χ0) is 13.4. The second-order valence-electron chi connectivity index (χ2n) is 3.80. The molecule has 17 heavy (non-hydrogen) atoms. The highest BCUT2D eigenvalue weighted by atomic mass is 35.5. The van der Waals surface area contributed by atoms with Crippen LogP contribution in [0.2, 0.25) is 0 Å². The van der Waals surface area contributed by atoms with Gasteiger partial charge in [0.05, 0.1) is 0 Å². The molecule has 1 aromatic carbocycles. The monoisotopic (exact) mass is 255 g/mol. The first-order valence-electron chi connectivity index (χ1n) is 5.10. The van der Waals surface area contributed by atoms with Crippen molar-refractivity contribution in [2.75, 3.05) is 14.1 Å². The molecule has 0 aliphatic heterocycles. The van der Waals surface area contributed by atoms with Crippen LogP contribution in [-0.2, 0) is 4.79 Å². The molecule has 0 aromatic heterocycles. The molecule has 0 radical (unpaired) electrons. The Hall–Kier alpha value is -1.32. The molecule has 0 saturated heterocycles. The summed E-state index contributed by atoms with van der Waals surface area (Å²) in [5, 5.41) is 7.89. The molecule has 1 unspecified atom stereocenters. The van der Waals surface area contributed by atoms with Crippen LogP contribution in [0.15, 0.2) is 42.5 Å². The largest absolute Gasteiger partial charge is 0.478 e. The van der Waals surface area contributed by atoms with Gasteiger partial charge >= 0.3 is 5.97 Å². The molecular formula is C13H18ClNO2. The predicted octanol–water partition coefficient (Wildman–Crippen LogP) is 3.13. The van der Waals surface area contributed by atoms with Gasteiger partial charge in [0, 0.05) is 5.57 Å². The smallest absolute Gasteiger partial charge is 0.330 e. The fraction of sp³-hybridized carbons (Fsp3) is 0.308. The van der Waals surface area contributed by atoms with E-state index in [1.54, 1.807) is 0 Å². The van der Waals surface area contributed by atoms with Crippen LogP contribution < -0.4 is 0 Å². The molecule has 1 atom stereocenters. The Morgan fingerprint density at radius 1 is 1.35 bits per heavy atom. The van der Waals surface area contributed by atoms with E-state index in [1.807, 2.05) is 49.3 Å². The Kier molecular flexibility index (Phi) is 7.26. The summed E-state index contributed by atoms with van der Waals surface area (Å²) in [6.45, 7) is 4.60. The Bertz CT molecular complexity index is 351. The maximum atomic E-state index is 9.60. The Morgan fingerprint density at radius 2 is 1.76 bits per heavy atom. The summed E-state index contributed by atoms with van der Waals surface area (Å²) >= 11 is 6.07. The van der Waals surface area contributed by atoms with E-state index >= 15 is 0 Å². The number of halogens is 1. The average molecular weight is 256 g/mol. The van der Waals surface area contributed by atoms with Crippen LogP contribution in [0.1, 0.15) is 18.0 Å². The van der Waals surface area contributed by atoms with Crippen molar-refractivity contribution in [2.24, 2.45) is 0 Å². The number of benzene rings is 1. The van der Waals surface area contributed by atoms with Crippen LogP contribution in [-0.4, -0.2) is 30.1 Å². The van der Waals surface area contributed by atoms with E-state index in [1.165, 1.54) is 6.92 Å². The fourth-order valence-electron chi connectivity index (χ4n) is 0.910. The van der Waals surface area contributed by atoms with Crippen molar-refractivity contribution in [1.82, 2.24) is 4.90 Å². The molecule has 0 bridgehead atoms. The summed E-state index contributed by atoms with van der Waals surface area (Å²) in [5.41, 5.74) is 1.30. The number of hydrogen-bond donors (Lipinski definition) is 1. The van der Waals surface area contributed by atoms with E-state index in [0.29, 0.717) is 0 Å². The molecule has 3 nitrogen and oxygen atoms in total. The van der Waals surface area contributed by atoms with Gasteiger partial charge in [0.2, 0.25) is 0 Å². The van der Waals surface area contributed by atoms with Gasteiger partial charge in [-0.3, -0.25) is 4.90 Å². The minimum absolute atomic E-state index is 0.0174. The van der Waals surface area contributed by atoms with Crippen molar-refractivity contribution in [3.8, 4) is 0 Å². The second kappa shape index (κ2) is 7.87. The molecule has 0 heterocycles. The number of aliphatic carboxylic acids is 1. The third-order valence-corrected chi connectivity index (χ3v) is 2.54. The van der Waals surface area contributed by atoms with Gasteiger partial charge < -0.3 is 5.11 Å². The van der Waals surface area contributed by atoms with Crippen molar-refractivity contribution >= 4 is 17.6 Å². The molecule has 1 aromatic rings. The molecule has 94 valence electrons. The van der Waals surface area contributed by atoms with Gasteiger partial charge in [-0.2, -0.15) is 0 Å². The van der Waals surface area contributed by atoms with E-state index < -0.39 is 5.97 Å². The van der Waals surface area contributed by atoms with Crippen molar-refractivity contribution < 1.29 is 9.90 Å². The first kappa shape index (κ1) is 15.7. The molecule has 0 fully saturated rings. The number of hydrogen-bond acceptors (Lipinski definition) is 2. The van der Waals surface area contributed by atoms with Gasteiger partial charge in [0.25, 0.3) is 0 Å². The molecule has 0 spiro atoms. The van der Waals surface area contributed by atoms with Crippen LogP contribution in [0.3, 0.4) is 0 Å². The fourth-order valence-corrected chi connectivity index (χ4v) is 1.06. The summed E-state index contributed by atoms with van der Waals surface area (Å²) < 4.78 is 0. The standard InChI is InChI=1S/C9H12ClN.C4H6O2/c1-11(2)9(10)8-6-4-3-5-7-8;1-3(2)4(5)6/h3-7,9H,1-2H3;1H2,2H3,(H,5,6). The van der Waals surface area contributed by atoms with Gasteiger partial charge in [-0.25, -0.2) is 4.79 Å². The van der Waals surface area contributed by atoms with Crippen molar-refractivity contribution in [3.63, 3.8) is 0 Å². The van der Waals surface area contributed by atoms with Gasteiger partial charge in [-0.1, -0.05) is 36.9 Å². The van der Waals surface area contributed by atoms with E-state index in [4.69, 9.17) is 16.7 Å². The lowest BCUT2D eigenvalue weighted by molar-refractivity contribution is -0.132. The van der Waals surface area contributed by atoms with Crippen LogP contribution >= 0.6 is 11.6 Å². The molecule has 0 saturated carbocycles. The van der Waals surface area contributed by atoms with E-state index in [0.717, 1.165) is 5.56 Å². The SMILES string of the molecule is C=C(C)C(=O)O.CN(C)C(Cl)c1ccccc1. The van der Waals surface area contributed by atoms with E-state index in [9.17, 15) is 4.79 Å². The number of carboxylic acid groups (broad SMARTS) is 1. The number of carbonyl (C=O) groups is 1. The zero-order valence-corrected chi connectivity index (χ0v) is 11.1. The quantitative estimate of drug-likeness (QED) is 0.513. The summed E-state index contributed by atoms with van der Waals surface area (Å²) in [6, 6.07) is 10.0. The highest BCUT2D eigenvalue weighted by Gasteiger charge is 2.07. The molecule has 0 aliphatic rings. The molecule has 0 amide bonds. The van der Waals surface area contributed by atoms with Crippen molar-refractivity contribution in [2.45, 2.75) is 12.4 Å². The van der Waals surface area contributed by atoms with Gasteiger partial charge in [-0.15, -0.1) is 11.6 Å². The third kappa shape index (κ3) is 6.76. The molecule has 0 aliphatic carbocycles. The third-order valence-electron chi connectivity index (χ3n) is 1.89. The lowest BCUT2D eigenvalue weighted by atomic mass is 10.2. The predicted molar refractivity (Wildman–Crippen MR) is 71.2 cm³/mol. The molecule has 1 rings (SSSR count). The van der Waals surface area contributed by atoms with Crippen LogP contribution in [0.4, 0.5) is 0 Å². The number of carboxylic acids is 1. The van der Waals surface area contributed by atoms with Gasteiger partial charge in [0.1, 0.15) is 5.50 Å². The van der Waals surface area contributed by atoms with E-state index in [2.05, 4.69) is 6.58 Å². The second-order valence-corrected chi connectivity index (χ2v) is 4.21. The number of nitrogens with zero attached hydrogens (tertiary/aromatic N) is 1. The van der Waals surface area contributed by atoms with Crippen molar-refractivity contribution in [1.29, 1.82) is 0 Å². The Labute approximate surface area is 107 Å². The van der Waals surface area contributed by atoms with E-state index in [-0.39, 0.29) is 11.1 Å². The van der Waals surface area contributed by atoms with Crippen LogP contribution in [0.5, 0.6) is 0 Å². The number of alkyl halides is 1. The Morgan fingerprint density at radius 3 is 2.06 bits per heavy atom. The van der Waals surface area contributed by atoms with Crippen molar-refractivity contribution in [3.05, 3.63) is 48.0 Å². The number of rotatable bonds is 3. The summed E-state index contributed by atoms with van der Waals surface area (Å²) in [7, 11) is 3.93. The van der Waals surface area contributed by atoms with Crippen LogP contribution in [0.25, 0.3) is 0 Å². The zero-order valence-electron chi connectivity index (χ0n) is 10.4. The van der Waals surface area contributed by atoms with Gasteiger partial charge in [-0.05, 0) is 26.6 Å². The van der Waals surface area contributed by atoms with Crippen LogP contribution in [0, 0.1) is 0 Å². The average Bonchev–Trinajstić information content (AvgIpc) is 2.29. The normalized spacial score (nSPS) is 11.4. The lowest BCUT2D eigenvalue weighted by Gasteiger charge is -2.17.